The summed E-state index contributed by atoms with van der Waals surface area (Å²) in [5.74, 6) is 0.640. The number of carbonyl (C=O) groups is 2. The minimum absolute atomic E-state index is 0.0877. The highest BCUT2D eigenvalue weighted by molar-refractivity contribution is 6.42. The Morgan fingerprint density at radius 1 is 1.00 bits per heavy atom. The first-order valence-electron chi connectivity index (χ1n) is 8.10. The number of urea groups is 1. The number of carbonyl (C=O) groups excluding carboxylic acids is 2. The van der Waals surface area contributed by atoms with Crippen LogP contribution in [-0.2, 0) is 16.9 Å². The lowest BCUT2D eigenvalue weighted by atomic mass is 9.91. The Morgan fingerprint density at radius 2 is 1.70 bits per heavy atom. The van der Waals surface area contributed by atoms with E-state index in [2.05, 4.69) is 5.32 Å². The van der Waals surface area contributed by atoms with Crippen LogP contribution in [0.4, 0.5) is 4.79 Å². The fourth-order valence-electron chi connectivity index (χ4n) is 3.00. The summed E-state index contributed by atoms with van der Waals surface area (Å²) in [5, 5.41) is 3.54. The normalized spacial score (nSPS) is 19.2. The van der Waals surface area contributed by atoms with Gasteiger partial charge in [-0.25, -0.2) is 4.79 Å². The fourth-order valence-corrected chi connectivity index (χ4v) is 3.32. The van der Waals surface area contributed by atoms with Crippen molar-refractivity contribution in [3.05, 3.63) is 57.6 Å². The molecule has 3 amide bonds. The Kier molecular flexibility index (Phi) is 5.22. The molecule has 1 N–H and O–H groups in total. The zero-order valence-corrected chi connectivity index (χ0v) is 16.5. The second-order valence-electron chi connectivity index (χ2n) is 6.26. The van der Waals surface area contributed by atoms with E-state index in [1.807, 2.05) is 0 Å². The highest BCUT2D eigenvalue weighted by Crippen LogP contribution is 2.36. The van der Waals surface area contributed by atoms with Crippen LogP contribution in [0.5, 0.6) is 11.5 Å². The maximum atomic E-state index is 13.1. The number of hydrogen-bond donors (Lipinski definition) is 1. The molecular formula is C19H18Cl2N2O4. The number of nitrogens with one attached hydrogen (secondary N) is 1. The highest BCUT2D eigenvalue weighted by Gasteiger charge is 2.49. The van der Waals surface area contributed by atoms with Gasteiger partial charge in [-0.05, 0) is 42.3 Å². The molecule has 2 aromatic carbocycles. The van der Waals surface area contributed by atoms with Crippen molar-refractivity contribution < 1.29 is 19.1 Å². The molecule has 1 aliphatic rings. The zero-order valence-electron chi connectivity index (χ0n) is 15.0. The van der Waals surface area contributed by atoms with Crippen molar-refractivity contribution in [3.8, 4) is 11.5 Å². The number of hydrogen-bond acceptors (Lipinski definition) is 4. The summed E-state index contributed by atoms with van der Waals surface area (Å²) in [6.07, 6.45) is 0. The van der Waals surface area contributed by atoms with Gasteiger partial charge in [0, 0.05) is 0 Å². The lowest BCUT2D eigenvalue weighted by Gasteiger charge is -2.23. The molecule has 27 heavy (non-hydrogen) atoms. The molecule has 0 aromatic heterocycles. The summed E-state index contributed by atoms with van der Waals surface area (Å²) >= 11 is 11.9. The molecule has 0 bridgehead atoms. The second kappa shape index (κ2) is 7.29. The first-order chi connectivity index (χ1) is 12.8. The Morgan fingerprint density at radius 3 is 2.33 bits per heavy atom. The molecule has 0 aliphatic carbocycles. The third-order valence-corrected chi connectivity index (χ3v) is 5.30. The van der Waals surface area contributed by atoms with E-state index in [9.17, 15) is 9.59 Å². The van der Waals surface area contributed by atoms with Crippen LogP contribution >= 0.6 is 23.2 Å². The van der Waals surface area contributed by atoms with Crippen molar-refractivity contribution in [3.63, 3.8) is 0 Å². The minimum atomic E-state index is -1.22. The molecule has 8 heteroatoms. The highest BCUT2D eigenvalue weighted by atomic mass is 35.5. The largest absolute Gasteiger partial charge is 0.493 e. The van der Waals surface area contributed by atoms with Gasteiger partial charge in [-0.1, -0.05) is 35.3 Å². The van der Waals surface area contributed by atoms with Crippen LogP contribution in [0.3, 0.4) is 0 Å². The zero-order chi connectivity index (χ0) is 19.8. The van der Waals surface area contributed by atoms with E-state index in [4.69, 9.17) is 32.7 Å². The molecule has 1 heterocycles. The lowest BCUT2D eigenvalue weighted by molar-refractivity contribution is -0.131. The Hall–Kier alpha value is -2.44. The Balaban J connectivity index is 1.91. The smallest absolute Gasteiger partial charge is 0.325 e. The van der Waals surface area contributed by atoms with Crippen LogP contribution in [0.15, 0.2) is 36.4 Å². The Labute approximate surface area is 167 Å². The van der Waals surface area contributed by atoms with Crippen molar-refractivity contribution >= 4 is 35.1 Å². The second-order valence-corrected chi connectivity index (χ2v) is 7.08. The van der Waals surface area contributed by atoms with Gasteiger partial charge in [0.15, 0.2) is 11.5 Å². The number of rotatable bonds is 5. The summed E-state index contributed by atoms with van der Waals surface area (Å²) in [6, 6.07) is 9.61. The SMILES string of the molecule is COc1ccc([C@@]2(C)NC(=O)N(Cc3ccc(Cl)c(Cl)c3)C2=O)cc1OC. The van der Waals surface area contributed by atoms with E-state index in [0.717, 1.165) is 4.90 Å². The average Bonchev–Trinajstić information content (AvgIpc) is 2.88. The number of nitrogens with zero attached hydrogens (tertiary/aromatic N) is 1. The van der Waals surface area contributed by atoms with Gasteiger partial charge in [-0.15, -0.1) is 0 Å². The molecule has 0 spiro atoms. The van der Waals surface area contributed by atoms with Gasteiger partial charge in [0.05, 0.1) is 30.8 Å². The average molecular weight is 409 g/mol. The number of benzene rings is 2. The van der Waals surface area contributed by atoms with Crippen LogP contribution in [0.2, 0.25) is 10.0 Å². The van der Waals surface area contributed by atoms with Gasteiger partial charge in [0.25, 0.3) is 5.91 Å². The van der Waals surface area contributed by atoms with Crippen LogP contribution in [0, 0.1) is 0 Å². The molecule has 1 aliphatic heterocycles. The minimum Gasteiger partial charge on any atom is -0.493 e. The quantitative estimate of drug-likeness (QED) is 0.759. The molecule has 0 saturated carbocycles. The van der Waals surface area contributed by atoms with Crippen molar-refractivity contribution in [2.75, 3.05) is 14.2 Å². The maximum Gasteiger partial charge on any atom is 0.325 e. The number of amides is 3. The molecule has 142 valence electrons. The summed E-state index contributed by atoms with van der Waals surface area (Å²) in [7, 11) is 3.04. The van der Waals surface area contributed by atoms with E-state index >= 15 is 0 Å². The van der Waals surface area contributed by atoms with E-state index in [1.165, 1.54) is 14.2 Å². The number of halogens is 2. The summed E-state index contributed by atoms with van der Waals surface area (Å²) in [6.45, 7) is 1.74. The molecule has 1 saturated heterocycles. The Bertz CT molecular complexity index is 919. The molecule has 1 atom stereocenters. The monoisotopic (exact) mass is 408 g/mol. The molecule has 0 unspecified atom stereocenters. The molecule has 6 nitrogen and oxygen atoms in total. The number of imide groups is 1. The fraction of sp³-hybridized carbons (Fsp3) is 0.263. The van der Waals surface area contributed by atoms with E-state index in [1.54, 1.807) is 43.3 Å². The van der Waals surface area contributed by atoms with Gasteiger partial charge in [0.1, 0.15) is 5.54 Å². The topological polar surface area (TPSA) is 67.9 Å². The van der Waals surface area contributed by atoms with Crippen LogP contribution in [0.25, 0.3) is 0 Å². The van der Waals surface area contributed by atoms with E-state index in [-0.39, 0.29) is 12.5 Å². The predicted octanol–water partition coefficient (Wildman–Crippen LogP) is 3.98. The summed E-state index contributed by atoms with van der Waals surface area (Å²) in [5.41, 5.74) is 0.0759. The summed E-state index contributed by atoms with van der Waals surface area (Å²) < 4.78 is 10.5. The first kappa shape index (κ1) is 19.3. The van der Waals surface area contributed by atoms with Crippen molar-refractivity contribution in [2.24, 2.45) is 0 Å². The van der Waals surface area contributed by atoms with Gasteiger partial charge >= 0.3 is 6.03 Å². The molecule has 2 aromatic rings. The van der Waals surface area contributed by atoms with Crippen molar-refractivity contribution in [2.45, 2.75) is 19.0 Å². The molecular weight excluding hydrogens is 391 g/mol. The van der Waals surface area contributed by atoms with Crippen LogP contribution in [0.1, 0.15) is 18.1 Å². The summed E-state index contributed by atoms with van der Waals surface area (Å²) in [4.78, 5) is 26.7. The lowest BCUT2D eigenvalue weighted by Crippen LogP contribution is -2.40. The standard InChI is InChI=1S/C19H18Cl2N2O4/c1-19(12-5-7-15(26-2)16(9-12)27-3)17(24)23(18(25)22-19)10-11-4-6-13(20)14(21)8-11/h4-9H,10H2,1-3H3,(H,22,25)/t19-/m1/s1. The van der Waals surface area contributed by atoms with E-state index in [0.29, 0.717) is 32.7 Å². The van der Waals surface area contributed by atoms with Gasteiger partial charge < -0.3 is 14.8 Å². The number of methoxy groups -OCH3 is 2. The van der Waals surface area contributed by atoms with Crippen molar-refractivity contribution in [1.29, 1.82) is 0 Å². The van der Waals surface area contributed by atoms with E-state index < -0.39 is 11.6 Å². The van der Waals surface area contributed by atoms with Gasteiger partial charge in [-0.2, -0.15) is 0 Å². The third kappa shape index (κ3) is 3.42. The molecule has 3 rings (SSSR count). The number of ether oxygens (including phenoxy) is 2. The molecule has 1 fully saturated rings. The predicted molar refractivity (Wildman–Crippen MR) is 102 cm³/mol. The molecule has 0 radical (unpaired) electrons. The first-order valence-corrected chi connectivity index (χ1v) is 8.86. The van der Waals surface area contributed by atoms with Crippen LogP contribution in [-0.4, -0.2) is 31.1 Å². The maximum absolute atomic E-state index is 13.1. The van der Waals surface area contributed by atoms with Gasteiger partial charge in [0.2, 0.25) is 0 Å². The third-order valence-electron chi connectivity index (χ3n) is 4.56. The van der Waals surface area contributed by atoms with Crippen LogP contribution < -0.4 is 14.8 Å². The van der Waals surface area contributed by atoms with Crippen molar-refractivity contribution in [1.82, 2.24) is 10.2 Å². The van der Waals surface area contributed by atoms with Gasteiger partial charge in [-0.3, -0.25) is 9.69 Å².